The Balaban J connectivity index is 1.86. The Labute approximate surface area is 175 Å². The lowest BCUT2D eigenvalue weighted by Crippen LogP contribution is -2.33. The molecule has 164 valence electrons. The lowest BCUT2D eigenvalue weighted by molar-refractivity contribution is -0.137. The highest BCUT2D eigenvalue weighted by atomic mass is 19.4. The van der Waals surface area contributed by atoms with Gasteiger partial charge in [0.25, 0.3) is 0 Å². The van der Waals surface area contributed by atoms with Gasteiger partial charge in [-0.2, -0.15) is 18.3 Å². The lowest BCUT2D eigenvalue weighted by atomic mass is 10.2. The maximum Gasteiger partial charge on any atom is 0.416 e. The molecule has 0 aliphatic heterocycles. The number of alkyl halides is 3. The van der Waals surface area contributed by atoms with E-state index in [1.165, 1.54) is 38.3 Å². The molecule has 0 aromatic heterocycles. The molecule has 2 rings (SSSR count). The molecule has 0 aliphatic carbocycles. The first-order valence-corrected chi connectivity index (χ1v) is 8.84. The van der Waals surface area contributed by atoms with Gasteiger partial charge in [0.15, 0.2) is 0 Å². The summed E-state index contributed by atoms with van der Waals surface area (Å²) < 4.78 is 43.1. The summed E-state index contributed by atoms with van der Waals surface area (Å²) in [5, 5.41) is 8.32. The molecule has 0 heterocycles. The molecular weight excluding hydrogens is 417 g/mol. The fraction of sp³-hybridized carbons (Fsp3) is 0.200. The van der Waals surface area contributed by atoms with Crippen molar-refractivity contribution in [1.29, 1.82) is 0 Å². The van der Waals surface area contributed by atoms with Gasteiger partial charge in [0.1, 0.15) is 5.75 Å². The summed E-state index contributed by atoms with van der Waals surface area (Å²) in [4.78, 5) is 35.7. The van der Waals surface area contributed by atoms with E-state index in [0.717, 1.165) is 12.1 Å². The lowest BCUT2D eigenvalue weighted by Gasteiger charge is -2.10. The van der Waals surface area contributed by atoms with Gasteiger partial charge in [-0.25, -0.2) is 5.43 Å². The molecule has 8 nitrogen and oxygen atoms in total. The SMILES string of the molecule is COc1ccc(NC(=O)C(=O)NN=C(C)CC(=O)Nc2cccc(C(F)(F)F)c2)cc1. The first-order chi connectivity index (χ1) is 14.6. The summed E-state index contributed by atoms with van der Waals surface area (Å²) in [5.74, 6) is -2.10. The van der Waals surface area contributed by atoms with Crippen LogP contribution in [0.1, 0.15) is 18.9 Å². The van der Waals surface area contributed by atoms with E-state index in [2.05, 4.69) is 15.7 Å². The minimum Gasteiger partial charge on any atom is -0.497 e. The summed E-state index contributed by atoms with van der Waals surface area (Å²) in [5.41, 5.74) is 1.57. The number of halogens is 3. The second-order valence-electron chi connectivity index (χ2n) is 6.27. The molecule has 0 saturated heterocycles. The van der Waals surface area contributed by atoms with Crippen LogP contribution in [0.3, 0.4) is 0 Å². The summed E-state index contributed by atoms with van der Waals surface area (Å²) in [6.07, 6.45) is -4.84. The fourth-order valence-electron chi connectivity index (χ4n) is 2.31. The molecule has 0 atom stereocenters. The number of hydrogen-bond acceptors (Lipinski definition) is 5. The third-order valence-electron chi connectivity index (χ3n) is 3.79. The standard InChI is InChI=1S/C20H19F3N4O4/c1-12(10-17(28)24-15-5-3-4-13(11-15)20(21,22)23)26-27-19(30)18(29)25-14-6-8-16(31-2)9-7-14/h3-9,11H,10H2,1-2H3,(H,24,28)(H,25,29)(H,27,30). The number of carbonyl (C=O) groups excluding carboxylic acids is 3. The number of rotatable bonds is 6. The Hall–Kier alpha value is -3.89. The first kappa shape index (κ1) is 23.4. The van der Waals surface area contributed by atoms with Crippen molar-refractivity contribution in [2.24, 2.45) is 5.10 Å². The maximum absolute atomic E-state index is 12.7. The quantitative estimate of drug-likeness (QED) is 0.367. The highest BCUT2D eigenvalue weighted by Gasteiger charge is 2.30. The first-order valence-electron chi connectivity index (χ1n) is 8.84. The van der Waals surface area contributed by atoms with Crippen molar-refractivity contribution in [2.45, 2.75) is 19.5 Å². The summed E-state index contributed by atoms with van der Waals surface area (Å²) in [6.45, 7) is 1.41. The topological polar surface area (TPSA) is 109 Å². The zero-order valence-electron chi connectivity index (χ0n) is 16.5. The minimum atomic E-state index is -4.53. The summed E-state index contributed by atoms with van der Waals surface area (Å²) >= 11 is 0. The van der Waals surface area contributed by atoms with Crippen LogP contribution < -0.4 is 20.8 Å². The number of methoxy groups -OCH3 is 1. The average molecular weight is 436 g/mol. The van der Waals surface area contributed by atoms with E-state index in [1.807, 2.05) is 5.43 Å². The highest BCUT2D eigenvalue weighted by Crippen LogP contribution is 2.30. The molecular formula is C20H19F3N4O4. The monoisotopic (exact) mass is 436 g/mol. The molecule has 0 aliphatic rings. The molecule has 2 aromatic carbocycles. The summed E-state index contributed by atoms with van der Waals surface area (Å²) in [7, 11) is 1.49. The van der Waals surface area contributed by atoms with Gasteiger partial charge in [0.2, 0.25) is 5.91 Å². The normalized spacial score (nSPS) is 11.5. The van der Waals surface area contributed by atoms with Crippen LogP contribution in [-0.2, 0) is 20.6 Å². The van der Waals surface area contributed by atoms with Crippen molar-refractivity contribution in [2.75, 3.05) is 17.7 Å². The van der Waals surface area contributed by atoms with Crippen molar-refractivity contribution in [3.05, 3.63) is 54.1 Å². The van der Waals surface area contributed by atoms with E-state index in [0.29, 0.717) is 11.4 Å². The molecule has 11 heteroatoms. The smallest absolute Gasteiger partial charge is 0.416 e. The van der Waals surface area contributed by atoms with E-state index in [-0.39, 0.29) is 17.8 Å². The molecule has 0 radical (unpaired) electrons. The maximum atomic E-state index is 12.7. The van der Waals surface area contributed by atoms with Crippen LogP contribution in [0.15, 0.2) is 53.6 Å². The number of nitrogens with zero attached hydrogens (tertiary/aromatic N) is 1. The number of nitrogens with one attached hydrogen (secondary N) is 3. The average Bonchev–Trinajstić information content (AvgIpc) is 2.72. The van der Waals surface area contributed by atoms with Crippen molar-refractivity contribution in [3.63, 3.8) is 0 Å². The Kier molecular flexibility index (Phi) is 7.72. The van der Waals surface area contributed by atoms with Crippen molar-refractivity contribution >= 4 is 34.8 Å². The van der Waals surface area contributed by atoms with Crippen LogP contribution in [0.4, 0.5) is 24.5 Å². The van der Waals surface area contributed by atoms with Crippen LogP contribution >= 0.6 is 0 Å². The van der Waals surface area contributed by atoms with Crippen LogP contribution in [0.25, 0.3) is 0 Å². The van der Waals surface area contributed by atoms with Crippen molar-refractivity contribution in [3.8, 4) is 5.75 Å². The molecule has 0 bridgehead atoms. The Morgan fingerprint density at radius 3 is 2.26 bits per heavy atom. The van der Waals surface area contributed by atoms with E-state index in [1.54, 1.807) is 12.1 Å². The molecule has 0 fully saturated rings. The van der Waals surface area contributed by atoms with Crippen LogP contribution in [0, 0.1) is 0 Å². The third-order valence-corrected chi connectivity index (χ3v) is 3.79. The number of benzene rings is 2. The Morgan fingerprint density at radius 2 is 1.65 bits per heavy atom. The number of carbonyl (C=O) groups is 3. The number of ether oxygens (including phenoxy) is 1. The van der Waals surface area contributed by atoms with Crippen molar-refractivity contribution in [1.82, 2.24) is 5.43 Å². The predicted octanol–water partition coefficient (Wildman–Crippen LogP) is 3.17. The molecule has 3 amide bonds. The molecule has 3 N–H and O–H groups in total. The van der Waals surface area contributed by atoms with Gasteiger partial charge in [-0.05, 0) is 49.4 Å². The van der Waals surface area contributed by atoms with E-state index in [4.69, 9.17) is 4.74 Å². The second kappa shape index (κ2) is 10.2. The number of hydrazone groups is 1. The van der Waals surface area contributed by atoms with E-state index in [9.17, 15) is 27.6 Å². The van der Waals surface area contributed by atoms with Crippen LogP contribution in [0.5, 0.6) is 5.75 Å². The minimum absolute atomic E-state index is 0.0319. The third kappa shape index (κ3) is 7.46. The predicted molar refractivity (Wildman–Crippen MR) is 108 cm³/mol. The Bertz CT molecular complexity index is 989. The highest BCUT2D eigenvalue weighted by molar-refractivity contribution is 6.39. The van der Waals surface area contributed by atoms with Gasteiger partial charge in [0, 0.05) is 17.1 Å². The number of hydrogen-bond donors (Lipinski definition) is 3. The van der Waals surface area contributed by atoms with E-state index >= 15 is 0 Å². The fourth-order valence-corrected chi connectivity index (χ4v) is 2.31. The van der Waals surface area contributed by atoms with Gasteiger partial charge in [-0.3, -0.25) is 14.4 Å². The Morgan fingerprint density at radius 1 is 0.968 bits per heavy atom. The zero-order chi connectivity index (χ0) is 23.0. The number of amides is 3. The van der Waals surface area contributed by atoms with E-state index < -0.39 is 29.5 Å². The summed E-state index contributed by atoms with van der Waals surface area (Å²) in [6, 6.07) is 10.4. The van der Waals surface area contributed by atoms with Gasteiger partial charge in [-0.1, -0.05) is 6.07 Å². The number of anilines is 2. The molecule has 0 unspecified atom stereocenters. The molecule has 0 saturated carbocycles. The van der Waals surface area contributed by atoms with Crippen LogP contribution in [0.2, 0.25) is 0 Å². The van der Waals surface area contributed by atoms with Gasteiger partial charge in [0.05, 0.1) is 19.1 Å². The van der Waals surface area contributed by atoms with Gasteiger partial charge >= 0.3 is 18.0 Å². The molecule has 0 spiro atoms. The molecule has 31 heavy (non-hydrogen) atoms. The van der Waals surface area contributed by atoms with Crippen LogP contribution in [-0.4, -0.2) is 30.5 Å². The molecule has 2 aromatic rings. The van der Waals surface area contributed by atoms with Gasteiger partial charge in [-0.15, -0.1) is 0 Å². The van der Waals surface area contributed by atoms with Gasteiger partial charge < -0.3 is 15.4 Å². The zero-order valence-corrected chi connectivity index (χ0v) is 16.5. The second-order valence-corrected chi connectivity index (χ2v) is 6.27. The largest absolute Gasteiger partial charge is 0.497 e. The van der Waals surface area contributed by atoms with Crippen molar-refractivity contribution < 1.29 is 32.3 Å².